The summed E-state index contributed by atoms with van der Waals surface area (Å²) in [6, 6.07) is 1.43. The smallest absolute Gasteiger partial charge is 0.349 e. The molecule has 1 aliphatic heterocycles. The zero-order valence-corrected chi connectivity index (χ0v) is 14.0. The summed E-state index contributed by atoms with van der Waals surface area (Å²) in [5, 5.41) is 2.63. The van der Waals surface area contributed by atoms with Crippen molar-refractivity contribution in [3.05, 3.63) is 34.9 Å². The number of amides is 3. The number of aromatic nitrogens is 2. The number of hydrogen-bond donors (Lipinski definition) is 2. The van der Waals surface area contributed by atoms with E-state index in [2.05, 4.69) is 10.3 Å². The molecule has 1 aromatic heterocycles. The number of anilines is 1. The molecule has 3 amide bonds. The number of nitrogens with two attached hydrogens (primary N) is 1. The Labute approximate surface area is 148 Å². The van der Waals surface area contributed by atoms with Gasteiger partial charge in [-0.05, 0) is 24.3 Å². The fourth-order valence-electron chi connectivity index (χ4n) is 4.26. The van der Waals surface area contributed by atoms with E-state index < -0.39 is 11.6 Å². The zero-order valence-electron chi connectivity index (χ0n) is 14.0. The van der Waals surface area contributed by atoms with Gasteiger partial charge in [-0.15, -0.1) is 0 Å². The van der Waals surface area contributed by atoms with Gasteiger partial charge < -0.3 is 11.1 Å². The Kier molecular flexibility index (Phi) is 3.86. The van der Waals surface area contributed by atoms with E-state index in [-0.39, 0.29) is 60.9 Å². The molecular formula is C17H19N5O4. The summed E-state index contributed by atoms with van der Waals surface area (Å²) < 4.78 is 1.13. The topological polar surface area (TPSA) is 127 Å². The van der Waals surface area contributed by atoms with Crippen LogP contribution in [-0.4, -0.2) is 45.3 Å². The van der Waals surface area contributed by atoms with E-state index in [9.17, 15) is 19.2 Å². The summed E-state index contributed by atoms with van der Waals surface area (Å²) in [5.74, 6) is -0.696. The normalized spacial score (nSPS) is 28.7. The van der Waals surface area contributed by atoms with Gasteiger partial charge in [-0.3, -0.25) is 23.9 Å². The lowest BCUT2D eigenvalue weighted by molar-refractivity contribution is -0.141. The second-order valence-electron chi connectivity index (χ2n) is 6.94. The second-order valence-corrected chi connectivity index (χ2v) is 6.94. The van der Waals surface area contributed by atoms with E-state index in [0.717, 1.165) is 11.0 Å². The molecule has 2 aliphatic carbocycles. The number of allylic oxidation sites excluding steroid dienone is 2. The molecule has 9 heteroatoms. The van der Waals surface area contributed by atoms with Gasteiger partial charge >= 0.3 is 5.69 Å². The molecule has 9 nitrogen and oxygen atoms in total. The molecule has 0 aromatic carbocycles. The van der Waals surface area contributed by atoms with Gasteiger partial charge in [-0.25, -0.2) is 4.79 Å². The van der Waals surface area contributed by atoms with Gasteiger partial charge in [-0.1, -0.05) is 12.2 Å². The first kappa shape index (κ1) is 16.5. The van der Waals surface area contributed by atoms with E-state index >= 15 is 0 Å². The number of carbonyl (C=O) groups is 3. The van der Waals surface area contributed by atoms with Gasteiger partial charge in [0.1, 0.15) is 12.4 Å². The SMILES string of the molecule is Nc1ccn(CC(=O)NCCN2C(=O)[C@@H]3[C@H](C2=O)[C@H]2C=C[C@@H]3C2)c(=O)n1. The molecule has 1 aromatic rings. The van der Waals surface area contributed by atoms with E-state index in [1.54, 1.807) is 0 Å². The summed E-state index contributed by atoms with van der Waals surface area (Å²) >= 11 is 0. The molecule has 3 aliphatic rings. The van der Waals surface area contributed by atoms with Crippen molar-refractivity contribution in [3.63, 3.8) is 0 Å². The van der Waals surface area contributed by atoms with E-state index in [4.69, 9.17) is 5.73 Å². The van der Waals surface area contributed by atoms with Crippen LogP contribution < -0.4 is 16.7 Å². The summed E-state index contributed by atoms with van der Waals surface area (Å²) in [6.07, 6.45) is 6.37. The van der Waals surface area contributed by atoms with Crippen LogP contribution >= 0.6 is 0 Å². The van der Waals surface area contributed by atoms with Crippen LogP contribution in [0.2, 0.25) is 0 Å². The molecule has 0 radical (unpaired) electrons. The molecule has 136 valence electrons. The van der Waals surface area contributed by atoms with Crippen molar-refractivity contribution in [2.75, 3.05) is 18.8 Å². The highest BCUT2D eigenvalue weighted by atomic mass is 16.2. The average Bonchev–Trinajstić information content (AvgIpc) is 3.27. The van der Waals surface area contributed by atoms with Crippen molar-refractivity contribution < 1.29 is 14.4 Å². The molecule has 4 rings (SSSR count). The Morgan fingerprint density at radius 1 is 1.19 bits per heavy atom. The minimum atomic E-state index is -0.610. The van der Waals surface area contributed by atoms with Crippen LogP contribution in [-0.2, 0) is 20.9 Å². The van der Waals surface area contributed by atoms with Crippen molar-refractivity contribution in [2.24, 2.45) is 23.7 Å². The summed E-state index contributed by atoms with van der Waals surface area (Å²) in [5.41, 5.74) is 4.79. The first-order valence-electron chi connectivity index (χ1n) is 8.59. The van der Waals surface area contributed by atoms with Gasteiger partial charge in [0, 0.05) is 19.3 Å². The van der Waals surface area contributed by atoms with Gasteiger partial charge in [0.05, 0.1) is 11.8 Å². The third kappa shape index (κ3) is 2.59. The first-order valence-corrected chi connectivity index (χ1v) is 8.59. The largest absolute Gasteiger partial charge is 0.383 e. The maximum absolute atomic E-state index is 12.5. The van der Waals surface area contributed by atoms with Crippen LogP contribution in [0.1, 0.15) is 6.42 Å². The molecule has 2 bridgehead atoms. The van der Waals surface area contributed by atoms with Crippen LogP contribution in [0.15, 0.2) is 29.2 Å². The Balaban J connectivity index is 1.31. The maximum atomic E-state index is 12.5. The van der Waals surface area contributed by atoms with Crippen molar-refractivity contribution in [2.45, 2.75) is 13.0 Å². The average molecular weight is 357 g/mol. The second kappa shape index (κ2) is 6.08. The molecule has 2 heterocycles. The molecular weight excluding hydrogens is 338 g/mol. The predicted octanol–water partition coefficient (Wildman–Crippen LogP) is -1.25. The molecule has 2 fully saturated rings. The number of rotatable bonds is 5. The number of nitrogens with one attached hydrogen (secondary N) is 1. The summed E-state index contributed by atoms with van der Waals surface area (Å²) in [6.45, 7) is 0.0910. The molecule has 26 heavy (non-hydrogen) atoms. The number of nitrogen functional groups attached to an aromatic ring is 1. The van der Waals surface area contributed by atoms with Crippen molar-refractivity contribution in [1.82, 2.24) is 19.8 Å². The Morgan fingerprint density at radius 2 is 1.85 bits per heavy atom. The lowest BCUT2D eigenvalue weighted by Gasteiger charge is -2.17. The van der Waals surface area contributed by atoms with E-state index in [0.29, 0.717) is 0 Å². The molecule has 4 atom stereocenters. The summed E-state index contributed by atoms with van der Waals surface area (Å²) in [7, 11) is 0. The third-order valence-electron chi connectivity index (χ3n) is 5.43. The number of carbonyl (C=O) groups excluding carboxylic acids is 3. The lowest BCUT2D eigenvalue weighted by Crippen LogP contribution is -2.41. The van der Waals surface area contributed by atoms with Crippen LogP contribution in [0.25, 0.3) is 0 Å². The molecule has 3 N–H and O–H groups in total. The highest BCUT2D eigenvalue weighted by Crippen LogP contribution is 2.52. The van der Waals surface area contributed by atoms with Crippen molar-refractivity contribution in [3.8, 4) is 0 Å². The number of fused-ring (bicyclic) bond motifs is 5. The maximum Gasteiger partial charge on any atom is 0.349 e. The van der Waals surface area contributed by atoms with Crippen molar-refractivity contribution >= 4 is 23.5 Å². The fourth-order valence-corrected chi connectivity index (χ4v) is 4.26. The predicted molar refractivity (Wildman–Crippen MR) is 90.4 cm³/mol. The molecule has 1 saturated heterocycles. The number of likely N-dealkylation sites (tertiary alicyclic amines) is 1. The lowest BCUT2D eigenvalue weighted by atomic mass is 9.85. The zero-order chi connectivity index (χ0) is 18.4. The van der Waals surface area contributed by atoms with Crippen molar-refractivity contribution in [1.29, 1.82) is 0 Å². The monoisotopic (exact) mass is 357 g/mol. The molecule has 0 unspecified atom stereocenters. The Morgan fingerprint density at radius 3 is 2.46 bits per heavy atom. The number of imide groups is 1. The third-order valence-corrected chi connectivity index (χ3v) is 5.43. The minimum Gasteiger partial charge on any atom is -0.383 e. The highest BCUT2D eigenvalue weighted by molar-refractivity contribution is 6.06. The van der Waals surface area contributed by atoms with Gasteiger partial charge in [-0.2, -0.15) is 4.98 Å². The van der Waals surface area contributed by atoms with Crippen LogP contribution in [0.5, 0.6) is 0 Å². The molecule has 1 saturated carbocycles. The van der Waals surface area contributed by atoms with Gasteiger partial charge in [0.15, 0.2) is 0 Å². The molecule has 0 spiro atoms. The van der Waals surface area contributed by atoms with Crippen LogP contribution in [0.4, 0.5) is 5.82 Å². The van der Waals surface area contributed by atoms with E-state index in [1.165, 1.54) is 17.2 Å². The number of hydrogen-bond acceptors (Lipinski definition) is 6. The van der Waals surface area contributed by atoms with Crippen LogP contribution in [0, 0.1) is 23.7 Å². The van der Waals surface area contributed by atoms with Gasteiger partial charge in [0.25, 0.3) is 0 Å². The van der Waals surface area contributed by atoms with E-state index in [1.807, 2.05) is 12.2 Å². The first-order chi connectivity index (χ1) is 12.5. The Bertz CT molecular complexity index is 846. The Hall–Kier alpha value is -2.97. The standard InChI is InChI=1S/C17H19N5O4/c18-11-3-5-21(17(26)20-11)8-12(23)19-4-6-22-15(24)13-9-1-2-10(7-9)14(13)16(22)25/h1-3,5,9-10,13-14H,4,6-8H2,(H,19,23)(H2,18,20,26)/t9-,10+,13+,14-. The van der Waals surface area contributed by atoms with Crippen LogP contribution in [0.3, 0.4) is 0 Å². The minimum absolute atomic E-state index is 0.0896. The van der Waals surface area contributed by atoms with Gasteiger partial charge in [0.2, 0.25) is 17.7 Å². The number of nitrogens with zero attached hydrogens (tertiary/aromatic N) is 3. The quantitative estimate of drug-likeness (QED) is 0.501. The summed E-state index contributed by atoms with van der Waals surface area (Å²) in [4.78, 5) is 53.4. The fraction of sp³-hybridized carbons (Fsp3) is 0.471. The highest BCUT2D eigenvalue weighted by Gasteiger charge is 2.58.